The van der Waals surface area contributed by atoms with Gasteiger partial charge in [0.15, 0.2) is 0 Å². The lowest BCUT2D eigenvalue weighted by Gasteiger charge is -2.24. The van der Waals surface area contributed by atoms with Crippen LogP contribution in [0.1, 0.15) is 17.8 Å². The van der Waals surface area contributed by atoms with Gasteiger partial charge in [0, 0.05) is 63.4 Å². The number of urea groups is 1. The Morgan fingerprint density at radius 1 is 1.36 bits per heavy atom. The van der Waals surface area contributed by atoms with E-state index in [9.17, 15) is 9.59 Å². The number of hydrogen-bond acceptors (Lipinski definition) is 6. The second-order valence-corrected chi connectivity index (χ2v) is 7.37. The van der Waals surface area contributed by atoms with Gasteiger partial charge in [-0.15, -0.1) is 0 Å². The zero-order valence-corrected chi connectivity index (χ0v) is 16.8. The van der Waals surface area contributed by atoms with Crippen molar-refractivity contribution in [3.63, 3.8) is 0 Å². The Kier molecular flexibility index (Phi) is 5.93. The van der Waals surface area contributed by atoms with Crippen LogP contribution in [0, 0.1) is 6.92 Å². The first kappa shape index (κ1) is 19.8. The lowest BCUT2D eigenvalue weighted by atomic mass is 10.2. The summed E-state index contributed by atoms with van der Waals surface area (Å²) >= 11 is 0. The quantitative estimate of drug-likeness (QED) is 0.805. The second kappa shape index (κ2) is 8.39. The minimum absolute atomic E-state index is 0.106. The molecule has 0 radical (unpaired) electrons. The van der Waals surface area contributed by atoms with Gasteiger partial charge >= 0.3 is 6.03 Å². The highest BCUT2D eigenvalue weighted by Gasteiger charge is 2.29. The number of nitrogens with one attached hydrogen (secondary N) is 2. The average Bonchev–Trinajstić information content (AvgIpc) is 3.11. The Balaban J connectivity index is 1.59. The van der Waals surface area contributed by atoms with Gasteiger partial charge in [-0.2, -0.15) is 0 Å². The zero-order chi connectivity index (χ0) is 20.3. The van der Waals surface area contributed by atoms with E-state index in [1.165, 1.54) is 6.07 Å². The van der Waals surface area contributed by atoms with Crippen molar-refractivity contribution < 1.29 is 4.79 Å². The van der Waals surface area contributed by atoms with Gasteiger partial charge in [-0.3, -0.25) is 19.7 Å². The number of pyridine rings is 1. The third-order valence-electron chi connectivity index (χ3n) is 4.84. The van der Waals surface area contributed by atoms with Crippen LogP contribution in [0.25, 0.3) is 0 Å². The summed E-state index contributed by atoms with van der Waals surface area (Å²) in [4.78, 5) is 41.5. The highest BCUT2D eigenvalue weighted by Crippen LogP contribution is 2.18. The molecule has 0 aliphatic carbocycles. The lowest BCUT2D eigenvalue weighted by molar-refractivity contribution is 0.207. The predicted octanol–water partition coefficient (Wildman–Crippen LogP) is 1.28. The van der Waals surface area contributed by atoms with Gasteiger partial charge in [-0.25, -0.2) is 9.78 Å². The summed E-state index contributed by atoms with van der Waals surface area (Å²) in [6.07, 6.45) is 2.56. The summed E-state index contributed by atoms with van der Waals surface area (Å²) in [5.41, 5.74) is 2.16. The highest BCUT2D eigenvalue weighted by atomic mass is 16.2. The molecule has 0 saturated carbocycles. The number of H-pyrrole nitrogens is 1. The van der Waals surface area contributed by atoms with Crippen molar-refractivity contribution in [3.8, 4) is 0 Å². The topological polar surface area (TPSA) is 97.5 Å². The van der Waals surface area contributed by atoms with Crippen LogP contribution < -0.4 is 15.8 Å². The van der Waals surface area contributed by atoms with Gasteiger partial charge in [0.2, 0.25) is 5.95 Å². The molecule has 9 heteroatoms. The molecule has 3 rings (SSSR count). The van der Waals surface area contributed by atoms with Crippen LogP contribution in [0.15, 0.2) is 29.2 Å². The number of aromatic amines is 1. The number of likely N-dealkylation sites (tertiary alicyclic amines) is 1. The molecule has 1 fully saturated rings. The van der Waals surface area contributed by atoms with Gasteiger partial charge in [0.05, 0.1) is 5.69 Å². The van der Waals surface area contributed by atoms with E-state index >= 15 is 0 Å². The van der Waals surface area contributed by atoms with Crippen molar-refractivity contribution >= 4 is 17.7 Å². The number of hydrogen-bond donors (Lipinski definition) is 2. The molecule has 3 heterocycles. The number of aryl methyl sites for hydroxylation is 1. The zero-order valence-electron chi connectivity index (χ0n) is 16.8. The normalized spacial score (nSPS) is 16.5. The van der Waals surface area contributed by atoms with E-state index in [2.05, 4.69) is 25.2 Å². The van der Waals surface area contributed by atoms with Crippen molar-refractivity contribution in [1.29, 1.82) is 0 Å². The van der Waals surface area contributed by atoms with Crippen LogP contribution in [-0.2, 0) is 6.54 Å². The van der Waals surface area contributed by atoms with Crippen LogP contribution in [0.4, 0.5) is 16.4 Å². The molecule has 1 saturated heterocycles. The maximum absolute atomic E-state index is 12.5. The standard InChI is InChI=1S/C19H27N7O2/c1-13-9-14(5-7-20-13)22-19(28)26-8-6-16(12-26)25(4)11-15-10-17(27)23-18(21-15)24(2)3/h5,7,9-10,16H,6,8,11-12H2,1-4H3,(H,20,22,28)(H,21,23,27)/t16-/m1/s1. The fraction of sp³-hybridized carbons (Fsp3) is 0.474. The smallest absolute Gasteiger partial charge is 0.321 e. The molecular formula is C19H27N7O2. The molecule has 9 nitrogen and oxygen atoms in total. The monoisotopic (exact) mass is 385 g/mol. The largest absolute Gasteiger partial charge is 0.348 e. The van der Waals surface area contributed by atoms with Crippen LogP contribution in [0.2, 0.25) is 0 Å². The highest BCUT2D eigenvalue weighted by molar-refractivity contribution is 5.89. The molecule has 0 unspecified atom stereocenters. The van der Waals surface area contributed by atoms with Crippen LogP contribution in [-0.4, -0.2) is 71.1 Å². The molecule has 2 amide bonds. The maximum atomic E-state index is 12.5. The number of nitrogens with zero attached hydrogens (tertiary/aromatic N) is 5. The number of rotatable bonds is 5. The molecule has 1 atom stereocenters. The van der Waals surface area contributed by atoms with E-state index in [1.807, 2.05) is 39.0 Å². The molecule has 28 heavy (non-hydrogen) atoms. The lowest BCUT2D eigenvalue weighted by Crippen LogP contribution is -2.38. The summed E-state index contributed by atoms with van der Waals surface area (Å²) in [6, 6.07) is 5.26. The molecule has 150 valence electrons. The Bertz CT molecular complexity index is 896. The van der Waals surface area contributed by atoms with Gasteiger partial charge in [0.1, 0.15) is 0 Å². The minimum atomic E-state index is -0.165. The molecule has 2 N–H and O–H groups in total. The van der Waals surface area contributed by atoms with Gasteiger partial charge < -0.3 is 15.1 Å². The Hall–Kier alpha value is -2.94. The number of carbonyl (C=O) groups excluding carboxylic acids is 1. The van der Waals surface area contributed by atoms with Crippen molar-refractivity contribution in [2.75, 3.05) is 44.4 Å². The molecule has 0 spiro atoms. The summed E-state index contributed by atoms with van der Waals surface area (Å²) < 4.78 is 0. The summed E-state index contributed by atoms with van der Waals surface area (Å²) in [6.45, 7) is 3.77. The molecule has 2 aromatic heterocycles. The minimum Gasteiger partial charge on any atom is -0.348 e. The van der Waals surface area contributed by atoms with Gasteiger partial charge in [-0.1, -0.05) is 0 Å². The first-order valence-corrected chi connectivity index (χ1v) is 9.28. The van der Waals surface area contributed by atoms with E-state index in [-0.39, 0.29) is 17.6 Å². The molecule has 0 bridgehead atoms. The molecule has 1 aliphatic rings. The maximum Gasteiger partial charge on any atom is 0.321 e. The summed E-state index contributed by atoms with van der Waals surface area (Å²) in [5, 5.41) is 2.93. The third-order valence-corrected chi connectivity index (χ3v) is 4.84. The molecule has 0 aromatic carbocycles. The second-order valence-electron chi connectivity index (χ2n) is 7.37. The first-order valence-electron chi connectivity index (χ1n) is 9.28. The number of anilines is 2. The van der Waals surface area contributed by atoms with Crippen LogP contribution >= 0.6 is 0 Å². The third kappa shape index (κ3) is 4.86. The van der Waals surface area contributed by atoms with E-state index in [1.54, 1.807) is 17.2 Å². The fourth-order valence-electron chi connectivity index (χ4n) is 3.28. The Morgan fingerprint density at radius 2 is 2.14 bits per heavy atom. The van der Waals surface area contributed by atoms with Crippen molar-refractivity contribution in [1.82, 2.24) is 24.8 Å². The molecule has 1 aliphatic heterocycles. The van der Waals surface area contributed by atoms with Crippen LogP contribution in [0.5, 0.6) is 0 Å². The number of likely N-dealkylation sites (N-methyl/N-ethyl adjacent to an activating group) is 1. The number of carbonyl (C=O) groups is 1. The number of aromatic nitrogens is 3. The summed E-state index contributed by atoms with van der Waals surface area (Å²) in [5.74, 6) is 0.538. The fourth-order valence-corrected chi connectivity index (χ4v) is 3.28. The Morgan fingerprint density at radius 3 is 2.86 bits per heavy atom. The van der Waals surface area contributed by atoms with E-state index in [0.29, 0.717) is 31.3 Å². The SMILES string of the molecule is Cc1cc(NC(=O)N2CC[C@@H](N(C)Cc3cc(=O)[nH]c(N(C)C)n3)C2)ccn1. The van der Waals surface area contributed by atoms with Crippen molar-refractivity contribution in [2.45, 2.75) is 25.9 Å². The van der Waals surface area contributed by atoms with Gasteiger partial charge in [-0.05, 0) is 32.5 Å². The van der Waals surface area contributed by atoms with Crippen LogP contribution in [0.3, 0.4) is 0 Å². The predicted molar refractivity (Wildman–Crippen MR) is 109 cm³/mol. The van der Waals surface area contributed by atoms with Crippen molar-refractivity contribution in [3.05, 3.63) is 46.1 Å². The van der Waals surface area contributed by atoms with Gasteiger partial charge in [0.25, 0.3) is 5.56 Å². The van der Waals surface area contributed by atoms with E-state index < -0.39 is 0 Å². The molecular weight excluding hydrogens is 358 g/mol. The first-order chi connectivity index (χ1) is 13.3. The Labute approximate surface area is 164 Å². The van der Waals surface area contributed by atoms with Crippen molar-refractivity contribution in [2.24, 2.45) is 0 Å². The van der Waals surface area contributed by atoms with E-state index in [4.69, 9.17) is 0 Å². The summed E-state index contributed by atoms with van der Waals surface area (Å²) in [7, 11) is 5.67. The molecule has 2 aromatic rings. The average molecular weight is 385 g/mol. The van der Waals surface area contributed by atoms with E-state index in [0.717, 1.165) is 17.8 Å². The number of amides is 2.